The molecule has 0 spiro atoms. The molecule has 15 heavy (non-hydrogen) atoms. The highest BCUT2D eigenvalue weighted by molar-refractivity contribution is 14.1. The van der Waals surface area contributed by atoms with Gasteiger partial charge >= 0.3 is 5.97 Å². The van der Waals surface area contributed by atoms with E-state index in [0.29, 0.717) is 12.2 Å². The summed E-state index contributed by atoms with van der Waals surface area (Å²) < 4.78 is 6.13. The van der Waals surface area contributed by atoms with Crippen LogP contribution in [0.2, 0.25) is 0 Å². The van der Waals surface area contributed by atoms with Crippen molar-refractivity contribution in [2.75, 3.05) is 6.61 Å². The molecule has 0 fully saturated rings. The Morgan fingerprint density at radius 3 is 3.00 bits per heavy atom. The minimum absolute atomic E-state index is 0.252. The molecule has 0 unspecified atom stereocenters. The minimum atomic E-state index is -0.252. The van der Waals surface area contributed by atoms with Gasteiger partial charge in [-0.25, -0.2) is 4.79 Å². The van der Waals surface area contributed by atoms with Crippen LogP contribution in [-0.2, 0) is 4.74 Å². The Hall–Kier alpha value is -0.840. The fourth-order valence-electron chi connectivity index (χ4n) is 1.09. The van der Waals surface area contributed by atoms with Gasteiger partial charge in [-0.2, -0.15) is 0 Å². The highest BCUT2D eigenvalue weighted by atomic mass is 127. The van der Waals surface area contributed by atoms with E-state index in [4.69, 9.17) is 4.74 Å². The van der Waals surface area contributed by atoms with E-state index in [1.54, 1.807) is 6.07 Å². The lowest BCUT2D eigenvalue weighted by Crippen LogP contribution is -2.06. The van der Waals surface area contributed by atoms with E-state index in [1.165, 1.54) is 0 Å². The number of allylic oxidation sites excluding steroid dienone is 1. The summed E-state index contributed by atoms with van der Waals surface area (Å²) in [5.41, 5.74) is 0.612. The number of hydrogen-bond donors (Lipinski definition) is 0. The van der Waals surface area contributed by atoms with Crippen molar-refractivity contribution in [3.8, 4) is 0 Å². The van der Waals surface area contributed by atoms with Crippen LogP contribution in [0.1, 0.15) is 23.2 Å². The lowest BCUT2D eigenvalue weighted by Gasteiger charge is -2.03. The van der Waals surface area contributed by atoms with Crippen molar-refractivity contribution in [3.63, 3.8) is 0 Å². The summed E-state index contributed by atoms with van der Waals surface area (Å²) in [6.45, 7) is 4.06. The van der Waals surface area contributed by atoms with E-state index in [-0.39, 0.29) is 5.97 Å². The van der Waals surface area contributed by atoms with Crippen LogP contribution in [0, 0.1) is 3.57 Å². The van der Waals surface area contributed by atoms with Crippen molar-refractivity contribution in [3.05, 3.63) is 46.1 Å². The van der Waals surface area contributed by atoms with Crippen molar-refractivity contribution in [1.82, 2.24) is 0 Å². The number of carbonyl (C=O) groups excluding carboxylic acids is 1. The zero-order valence-corrected chi connectivity index (χ0v) is 10.6. The standard InChI is InChI=1S/C12H13IO2/c1-2-3-4-8-15-12(14)10-6-5-7-11(13)9-10/h2,5-7,9H,1,3-4,8H2. The van der Waals surface area contributed by atoms with Crippen LogP contribution in [0.15, 0.2) is 36.9 Å². The molecule has 1 rings (SSSR count). The Balaban J connectivity index is 2.43. The maximum Gasteiger partial charge on any atom is 0.338 e. The Morgan fingerprint density at radius 2 is 2.33 bits per heavy atom. The first-order valence-electron chi connectivity index (χ1n) is 4.77. The van der Waals surface area contributed by atoms with Crippen molar-refractivity contribution in [1.29, 1.82) is 0 Å². The Labute approximate surface area is 103 Å². The molecule has 80 valence electrons. The highest BCUT2D eigenvalue weighted by Gasteiger charge is 2.06. The number of benzene rings is 1. The second-order valence-corrected chi connectivity index (χ2v) is 4.32. The van der Waals surface area contributed by atoms with Crippen molar-refractivity contribution in [2.45, 2.75) is 12.8 Å². The molecule has 0 atom stereocenters. The number of ether oxygens (including phenoxy) is 1. The molecule has 2 nitrogen and oxygen atoms in total. The first-order chi connectivity index (χ1) is 7.24. The molecule has 0 saturated carbocycles. The van der Waals surface area contributed by atoms with Crippen LogP contribution in [0.3, 0.4) is 0 Å². The predicted molar refractivity (Wildman–Crippen MR) is 68.9 cm³/mol. The lowest BCUT2D eigenvalue weighted by atomic mass is 10.2. The van der Waals surface area contributed by atoms with E-state index in [1.807, 2.05) is 24.3 Å². The van der Waals surface area contributed by atoms with Gasteiger partial charge in [0.05, 0.1) is 12.2 Å². The first-order valence-corrected chi connectivity index (χ1v) is 5.85. The molecule has 0 aliphatic carbocycles. The third-order valence-corrected chi connectivity index (χ3v) is 2.52. The van der Waals surface area contributed by atoms with Gasteiger partial charge < -0.3 is 4.74 Å². The smallest absolute Gasteiger partial charge is 0.338 e. The van der Waals surface area contributed by atoms with Crippen LogP contribution >= 0.6 is 22.6 Å². The van der Waals surface area contributed by atoms with Gasteiger partial charge in [-0.15, -0.1) is 6.58 Å². The van der Waals surface area contributed by atoms with Gasteiger partial charge in [0.15, 0.2) is 0 Å². The van der Waals surface area contributed by atoms with Crippen molar-refractivity contribution >= 4 is 28.6 Å². The van der Waals surface area contributed by atoms with Gasteiger partial charge in [0.1, 0.15) is 0 Å². The number of hydrogen-bond acceptors (Lipinski definition) is 2. The molecule has 1 aromatic rings. The van der Waals surface area contributed by atoms with Crippen LogP contribution in [0.5, 0.6) is 0 Å². The average Bonchev–Trinajstić information content (AvgIpc) is 2.24. The van der Waals surface area contributed by atoms with E-state index in [2.05, 4.69) is 29.2 Å². The maximum atomic E-state index is 11.5. The van der Waals surface area contributed by atoms with Crippen molar-refractivity contribution < 1.29 is 9.53 Å². The normalized spacial score (nSPS) is 9.67. The largest absolute Gasteiger partial charge is 0.462 e. The molecular formula is C12H13IO2. The Morgan fingerprint density at radius 1 is 1.53 bits per heavy atom. The molecule has 0 saturated heterocycles. The van der Waals surface area contributed by atoms with E-state index in [0.717, 1.165) is 16.4 Å². The summed E-state index contributed by atoms with van der Waals surface area (Å²) in [7, 11) is 0. The van der Waals surface area contributed by atoms with Gasteiger partial charge in [-0.1, -0.05) is 12.1 Å². The van der Waals surface area contributed by atoms with Gasteiger partial charge in [-0.3, -0.25) is 0 Å². The van der Waals surface area contributed by atoms with Gasteiger partial charge in [0.2, 0.25) is 0 Å². The third kappa shape index (κ3) is 4.46. The summed E-state index contributed by atoms with van der Waals surface area (Å²) in [5, 5.41) is 0. The monoisotopic (exact) mass is 316 g/mol. The minimum Gasteiger partial charge on any atom is -0.462 e. The zero-order valence-electron chi connectivity index (χ0n) is 8.41. The summed E-state index contributed by atoms with van der Waals surface area (Å²) in [6.07, 6.45) is 3.53. The zero-order chi connectivity index (χ0) is 11.1. The number of unbranched alkanes of at least 4 members (excludes halogenated alkanes) is 1. The fraction of sp³-hybridized carbons (Fsp3) is 0.250. The Kier molecular flexibility index (Phi) is 5.39. The molecule has 0 aromatic heterocycles. The number of esters is 1. The fourth-order valence-corrected chi connectivity index (χ4v) is 1.63. The lowest BCUT2D eigenvalue weighted by molar-refractivity contribution is 0.0501. The molecule has 0 aliphatic rings. The Bertz CT molecular complexity index is 347. The SMILES string of the molecule is C=CCCCOC(=O)c1cccc(I)c1. The van der Waals surface area contributed by atoms with E-state index >= 15 is 0 Å². The van der Waals surface area contributed by atoms with E-state index in [9.17, 15) is 4.79 Å². The molecule has 0 heterocycles. The molecule has 0 bridgehead atoms. The van der Waals surface area contributed by atoms with Gasteiger partial charge in [0, 0.05) is 3.57 Å². The quantitative estimate of drug-likeness (QED) is 0.360. The molecule has 1 aromatic carbocycles. The molecule has 0 aliphatic heterocycles. The van der Waals surface area contributed by atoms with Crippen LogP contribution in [-0.4, -0.2) is 12.6 Å². The first kappa shape index (κ1) is 12.2. The average molecular weight is 316 g/mol. The molecule has 0 radical (unpaired) electrons. The van der Waals surface area contributed by atoms with Crippen molar-refractivity contribution in [2.24, 2.45) is 0 Å². The highest BCUT2D eigenvalue weighted by Crippen LogP contribution is 2.09. The van der Waals surface area contributed by atoms with Gasteiger partial charge in [0.25, 0.3) is 0 Å². The second-order valence-electron chi connectivity index (χ2n) is 3.08. The summed E-state index contributed by atoms with van der Waals surface area (Å²) in [5.74, 6) is -0.252. The number of rotatable bonds is 5. The third-order valence-electron chi connectivity index (χ3n) is 1.85. The molecular weight excluding hydrogens is 303 g/mol. The molecule has 3 heteroatoms. The van der Waals surface area contributed by atoms with Crippen LogP contribution < -0.4 is 0 Å². The summed E-state index contributed by atoms with van der Waals surface area (Å²) in [4.78, 5) is 11.5. The molecule has 0 amide bonds. The topological polar surface area (TPSA) is 26.3 Å². The number of carbonyl (C=O) groups is 1. The van der Waals surface area contributed by atoms with Crippen LogP contribution in [0.4, 0.5) is 0 Å². The summed E-state index contributed by atoms with van der Waals surface area (Å²) >= 11 is 2.17. The predicted octanol–water partition coefficient (Wildman–Crippen LogP) is 3.41. The van der Waals surface area contributed by atoms with E-state index < -0.39 is 0 Å². The summed E-state index contributed by atoms with van der Waals surface area (Å²) in [6, 6.07) is 7.37. The molecule has 0 N–H and O–H groups in total. The van der Waals surface area contributed by atoms with Crippen LogP contribution in [0.25, 0.3) is 0 Å². The number of halogens is 1. The maximum absolute atomic E-state index is 11.5. The second kappa shape index (κ2) is 6.61. The van der Waals surface area contributed by atoms with Gasteiger partial charge in [-0.05, 0) is 53.6 Å².